The predicted octanol–water partition coefficient (Wildman–Crippen LogP) is 5.29. The molecule has 0 saturated carbocycles. The van der Waals surface area contributed by atoms with E-state index in [0.29, 0.717) is 17.4 Å². The number of hydrogen-bond donors (Lipinski definition) is 0. The molecule has 0 saturated heterocycles. The van der Waals surface area contributed by atoms with Gasteiger partial charge < -0.3 is 9.26 Å². The molecule has 0 N–H and O–H groups in total. The monoisotopic (exact) mass is 370 g/mol. The van der Waals surface area contributed by atoms with E-state index in [0.717, 1.165) is 11.1 Å². The lowest BCUT2D eigenvalue weighted by Gasteiger charge is -2.07. The molecule has 2 aromatic carbocycles. The van der Waals surface area contributed by atoms with Crippen LogP contribution in [0.1, 0.15) is 22.6 Å². The first-order chi connectivity index (χ1) is 12.5. The first-order valence-electron chi connectivity index (χ1n) is 7.79. The molecular formula is C19H15ClN2O4. The smallest absolute Gasteiger partial charge is 0.338 e. The van der Waals surface area contributed by atoms with E-state index in [4.69, 9.17) is 20.9 Å². The fourth-order valence-corrected chi connectivity index (χ4v) is 2.47. The SMILES string of the molecule is Cc1noc(C=Cc2cccc(OCc3ccc(Cl)cc3)c2)c1[N+](=O)[O-]. The summed E-state index contributed by atoms with van der Waals surface area (Å²) in [6, 6.07) is 14.8. The van der Waals surface area contributed by atoms with Crippen molar-refractivity contribution >= 4 is 29.4 Å². The third-order valence-corrected chi connectivity index (χ3v) is 3.90. The third-order valence-electron chi connectivity index (χ3n) is 3.64. The fourth-order valence-electron chi connectivity index (χ4n) is 2.34. The number of hydrogen-bond acceptors (Lipinski definition) is 5. The van der Waals surface area contributed by atoms with E-state index < -0.39 is 4.92 Å². The minimum atomic E-state index is -0.503. The van der Waals surface area contributed by atoms with Gasteiger partial charge in [-0.15, -0.1) is 0 Å². The van der Waals surface area contributed by atoms with E-state index in [1.54, 1.807) is 6.08 Å². The summed E-state index contributed by atoms with van der Waals surface area (Å²) in [5.41, 5.74) is 1.94. The maximum Gasteiger partial charge on any atom is 0.338 e. The lowest BCUT2D eigenvalue weighted by Crippen LogP contribution is -1.95. The summed E-state index contributed by atoms with van der Waals surface area (Å²) in [5.74, 6) is 0.797. The third kappa shape index (κ3) is 4.29. The van der Waals surface area contributed by atoms with Crippen LogP contribution in [-0.4, -0.2) is 10.1 Å². The molecular weight excluding hydrogens is 356 g/mol. The summed E-state index contributed by atoms with van der Waals surface area (Å²) in [6.45, 7) is 1.95. The number of benzene rings is 2. The Morgan fingerprint density at radius 2 is 2.00 bits per heavy atom. The maximum absolute atomic E-state index is 11.1. The normalized spacial score (nSPS) is 11.0. The van der Waals surface area contributed by atoms with Crippen LogP contribution in [0.2, 0.25) is 5.02 Å². The van der Waals surface area contributed by atoms with Gasteiger partial charge in [0.05, 0.1) is 4.92 Å². The lowest BCUT2D eigenvalue weighted by atomic mass is 10.2. The van der Waals surface area contributed by atoms with Crippen molar-refractivity contribution < 1.29 is 14.2 Å². The van der Waals surface area contributed by atoms with E-state index in [9.17, 15) is 10.1 Å². The molecule has 6 nitrogen and oxygen atoms in total. The largest absolute Gasteiger partial charge is 0.489 e. The van der Waals surface area contributed by atoms with Gasteiger partial charge in [0.1, 0.15) is 12.4 Å². The molecule has 3 rings (SSSR count). The summed E-state index contributed by atoms with van der Waals surface area (Å²) in [6.07, 6.45) is 3.23. The van der Waals surface area contributed by atoms with Gasteiger partial charge in [-0.2, -0.15) is 0 Å². The molecule has 1 heterocycles. The van der Waals surface area contributed by atoms with Crippen LogP contribution < -0.4 is 4.74 Å². The molecule has 3 aromatic rings. The zero-order valence-corrected chi connectivity index (χ0v) is 14.6. The van der Waals surface area contributed by atoms with Gasteiger partial charge in [-0.25, -0.2) is 0 Å². The van der Waals surface area contributed by atoms with Crippen LogP contribution in [0.25, 0.3) is 12.2 Å². The second-order valence-electron chi connectivity index (χ2n) is 5.56. The minimum absolute atomic E-state index is 0.111. The van der Waals surface area contributed by atoms with E-state index in [-0.39, 0.29) is 17.1 Å². The van der Waals surface area contributed by atoms with Crippen molar-refractivity contribution in [3.8, 4) is 5.75 Å². The van der Waals surface area contributed by atoms with E-state index in [2.05, 4.69) is 5.16 Å². The Labute approximate surface area is 154 Å². The molecule has 0 atom stereocenters. The Hall–Kier alpha value is -3.12. The molecule has 1 aromatic heterocycles. The zero-order valence-electron chi connectivity index (χ0n) is 13.9. The number of nitro groups is 1. The molecule has 0 amide bonds. The van der Waals surface area contributed by atoms with Crippen LogP contribution in [0.5, 0.6) is 5.75 Å². The number of rotatable bonds is 6. The molecule has 0 fully saturated rings. The van der Waals surface area contributed by atoms with Gasteiger partial charge >= 0.3 is 5.69 Å². The number of ether oxygens (including phenoxy) is 1. The molecule has 0 bridgehead atoms. The first-order valence-corrected chi connectivity index (χ1v) is 8.17. The van der Waals surface area contributed by atoms with E-state index in [1.807, 2.05) is 48.5 Å². The molecule has 0 unspecified atom stereocenters. The standard InChI is InChI=1S/C19H15ClN2O4/c1-13-19(22(23)24)18(26-21-13)10-7-14-3-2-4-17(11-14)25-12-15-5-8-16(20)9-6-15/h2-11H,12H2,1H3. The zero-order chi connectivity index (χ0) is 18.5. The van der Waals surface area contributed by atoms with Gasteiger partial charge in [0, 0.05) is 5.02 Å². The first kappa shape index (κ1) is 17.7. The van der Waals surface area contributed by atoms with E-state index in [1.165, 1.54) is 13.0 Å². The van der Waals surface area contributed by atoms with Crippen molar-refractivity contribution in [1.29, 1.82) is 0 Å². The number of nitrogens with zero attached hydrogens (tertiary/aromatic N) is 2. The van der Waals surface area contributed by atoms with Crippen LogP contribution in [0.4, 0.5) is 5.69 Å². The topological polar surface area (TPSA) is 78.4 Å². The van der Waals surface area contributed by atoms with Crippen LogP contribution in [0.3, 0.4) is 0 Å². The van der Waals surface area contributed by atoms with Crippen molar-refractivity contribution in [3.05, 3.63) is 86.2 Å². The Balaban J connectivity index is 1.71. The summed E-state index contributed by atoms with van der Waals surface area (Å²) in [5, 5.41) is 15.4. The van der Waals surface area contributed by atoms with Gasteiger partial charge in [-0.1, -0.05) is 47.1 Å². The summed E-state index contributed by atoms with van der Waals surface area (Å²) < 4.78 is 10.8. The van der Waals surface area contributed by atoms with Gasteiger partial charge in [-0.05, 0) is 48.4 Å². The van der Waals surface area contributed by atoms with Crippen molar-refractivity contribution in [2.24, 2.45) is 0 Å². The van der Waals surface area contributed by atoms with Gasteiger partial charge in [0.25, 0.3) is 0 Å². The second kappa shape index (κ2) is 7.84. The molecule has 0 aliphatic heterocycles. The van der Waals surface area contributed by atoms with Gasteiger partial charge in [0.2, 0.25) is 5.76 Å². The van der Waals surface area contributed by atoms with Crippen LogP contribution >= 0.6 is 11.6 Å². The van der Waals surface area contributed by atoms with E-state index >= 15 is 0 Å². The highest BCUT2D eigenvalue weighted by molar-refractivity contribution is 6.30. The van der Waals surface area contributed by atoms with Crippen LogP contribution in [0.15, 0.2) is 53.1 Å². The fraction of sp³-hybridized carbons (Fsp3) is 0.105. The van der Waals surface area contributed by atoms with Crippen molar-refractivity contribution in [3.63, 3.8) is 0 Å². The Morgan fingerprint density at radius 3 is 2.73 bits per heavy atom. The lowest BCUT2D eigenvalue weighted by molar-refractivity contribution is -0.386. The molecule has 132 valence electrons. The minimum Gasteiger partial charge on any atom is -0.489 e. The maximum atomic E-state index is 11.1. The molecule has 7 heteroatoms. The van der Waals surface area contributed by atoms with Crippen molar-refractivity contribution in [2.45, 2.75) is 13.5 Å². The predicted molar refractivity (Wildman–Crippen MR) is 99.0 cm³/mol. The quantitative estimate of drug-likeness (QED) is 0.435. The second-order valence-corrected chi connectivity index (χ2v) is 6.00. The van der Waals surface area contributed by atoms with Crippen LogP contribution in [0, 0.1) is 17.0 Å². The van der Waals surface area contributed by atoms with Gasteiger partial charge in [0.15, 0.2) is 5.69 Å². The summed E-state index contributed by atoms with van der Waals surface area (Å²) in [7, 11) is 0. The Morgan fingerprint density at radius 1 is 1.23 bits per heavy atom. The molecule has 0 aliphatic rings. The summed E-state index contributed by atoms with van der Waals surface area (Å²) in [4.78, 5) is 10.6. The highest BCUT2D eigenvalue weighted by atomic mass is 35.5. The number of aryl methyl sites for hydroxylation is 1. The van der Waals surface area contributed by atoms with Crippen molar-refractivity contribution in [1.82, 2.24) is 5.16 Å². The summed E-state index contributed by atoms with van der Waals surface area (Å²) >= 11 is 5.86. The molecule has 26 heavy (non-hydrogen) atoms. The average Bonchev–Trinajstić information content (AvgIpc) is 3.01. The van der Waals surface area contributed by atoms with Gasteiger partial charge in [-0.3, -0.25) is 10.1 Å². The highest BCUT2D eigenvalue weighted by Crippen LogP contribution is 2.25. The highest BCUT2D eigenvalue weighted by Gasteiger charge is 2.21. The Kier molecular flexibility index (Phi) is 5.34. The number of aromatic nitrogens is 1. The molecule has 0 radical (unpaired) electrons. The molecule has 0 aliphatic carbocycles. The average molecular weight is 371 g/mol. The van der Waals surface area contributed by atoms with Crippen molar-refractivity contribution in [2.75, 3.05) is 0 Å². The number of halogens is 1. The molecule has 0 spiro atoms. The Bertz CT molecular complexity index is 948. The van der Waals surface area contributed by atoms with Crippen LogP contribution in [-0.2, 0) is 6.61 Å².